The molecule has 1 amide bonds. The Bertz CT molecular complexity index is 401. The van der Waals surface area contributed by atoms with Gasteiger partial charge in [-0.15, -0.1) is 0 Å². The van der Waals surface area contributed by atoms with E-state index in [-0.39, 0.29) is 0 Å². The highest BCUT2D eigenvalue weighted by molar-refractivity contribution is 14.1. The summed E-state index contributed by atoms with van der Waals surface area (Å²) >= 11 is 5.56. The van der Waals surface area contributed by atoms with Gasteiger partial charge in [-0.25, -0.2) is 4.79 Å². The molecule has 0 radical (unpaired) electrons. The lowest BCUT2D eigenvalue weighted by atomic mass is 10.2. The predicted molar refractivity (Wildman–Crippen MR) is 76.7 cm³/mol. The molecule has 0 saturated carbocycles. The fourth-order valence-electron chi connectivity index (χ4n) is 1.01. The summed E-state index contributed by atoms with van der Waals surface area (Å²) in [5, 5.41) is 2.71. The largest absolute Gasteiger partial charge is 0.444 e. The minimum atomic E-state index is -0.485. The molecule has 0 saturated heterocycles. The van der Waals surface area contributed by atoms with Crippen LogP contribution in [0.1, 0.15) is 20.8 Å². The number of rotatable bonds is 1. The average molecular weight is 398 g/mol. The maximum Gasteiger partial charge on any atom is 0.412 e. The van der Waals surface area contributed by atoms with Crippen LogP contribution in [0, 0.1) is 3.57 Å². The first-order valence-electron chi connectivity index (χ1n) is 4.73. The second kappa shape index (κ2) is 5.35. The molecule has 0 unspecified atom stereocenters. The lowest BCUT2D eigenvalue weighted by molar-refractivity contribution is 0.0636. The van der Waals surface area contributed by atoms with Crippen molar-refractivity contribution in [1.29, 1.82) is 0 Å². The van der Waals surface area contributed by atoms with Crippen molar-refractivity contribution in [3.63, 3.8) is 0 Å². The van der Waals surface area contributed by atoms with Gasteiger partial charge in [-0.2, -0.15) is 0 Å². The highest BCUT2D eigenvalue weighted by Crippen LogP contribution is 2.26. The number of hydrogen-bond acceptors (Lipinski definition) is 2. The van der Waals surface area contributed by atoms with Crippen molar-refractivity contribution in [2.24, 2.45) is 0 Å². The maximum absolute atomic E-state index is 11.5. The van der Waals surface area contributed by atoms with Crippen LogP contribution in [0.2, 0.25) is 0 Å². The number of amides is 1. The molecule has 0 aliphatic heterocycles. The molecular formula is C11H13BrINO2. The summed E-state index contributed by atoms with van der Waals surface area (Å²) in [4.78, 5) is 11.5. The fraction of sp³-hybridized carbons (Fsp3) is 0.364. The summed E-state index contributed by atoms with van der Waals surface area (Å²) in [6.07, 6.45) is -0.441. The van der Waals surface area contributed by atoms with Crippen LogP contribution in [0.4, 0.5) is 10.5 Å². The number of carbonyl (C=O) groups is 1. The van der Waals surface area contributed by atoms with Gasteiger partial charge in [0, 0.05) is 4.47 Å². The van der Waals surface area contributed by atoms with Crippen LogP contribution in [0.3, 0.4) is 0 Å². The fourth-order valence-corrected chi connectivity index (χ4v) is 1.87. The number of anilines is 1. The van der Waals surface area contributed by atoms with Gasteiger partial charge in [0.05, 0.1) is 9.26 Å². The van der Waals surface area contributed by atoms with Gasteiger partial charge in [0.2, 0.25) is 0 Å². The highest BCUT2D eigenvalue weighted by Gasteiger charge is 2.17. The molecule has 0 spiro atoms. The standard InChI is InChI=1S/C11H13BrINO2/c1-11(2,3)16-10(15)14-8-6-4-5-7(12)9(8)13/h4-6H,1-3H3,(H,14,15). The lowest BCUT2D eigenvalue weighted by Crippen LogP contribution is -2.27. The van der Waals surface area contributed by atoms with Crippen LogP contribution in [0.25, 0.3) is 0 Å². The SMILES string of the molecule is CC(C)(C)OC(=O)Nc1cccc(Br)c1I. The van der Waals surface area contributed by atoms with E-state index < -0.39 is 11.7 Å². The van der Waals surface area contributed by atoms with Gasteiger partial charge in [0.1, 0.15) is 5.60 Å². The topological polar surface area (TPSA) is 38.3 Å². The van der Waals surface area contributed by atoms with Crippen molar-refractivity contribution in [1.82, 2.24) is 0 Å². The van der Waals surface area contributed by atoms with Crippen LogP contribution < -0.4 is 5.32 Å². The van der Waals surface area contributed by atoms with E-state index in [4.69, 9.17) is 4.74 Å². The number of nitrogens with one attached hydrogen (secondary N) is 1. The van der Waals surface area contributed by atoms with Crippen LogP contribution >= 0.6 is 38.5 Å². The number of hydrogen-bond donors (Lipinski definition) is 1. The number of carbonyl (C=O) groups excluding carboxylic acids is 1. The first-order chi connectivity index (χ1) is 7.29. The molecule has 0 fully saturated rings. The third-order valence-corrected chi connectivity index (χ3v) is 4.15. The quantitative estimate of drug-likeness (QED) is 0.713. The zero-order chi connectivity index (χ0) is 12.3. The van der Waals surface area contributed by atoms with Crippen molar-refractivity contribution in [3.05, 3.63) is 26.2 Å². The Kier molecular flexibility index (Phi) is 4.61. The molecule has 1 rings (SSSR count). The summed E-state index contributed by atoms with van der Waals surface area (Å²) in [6.45, 7) is 5.50. The Hall–Kier alpha value is -0.300. The number of ether oxygens (including phenoxy) is 1. The predicted octanol–water partition coefficient (Wildman–Crippen LogP) is 4.40. The van der Waals surface area contributed by atoms with Crippen molar-refractivity contribution in [3.8, 4) is 0 Å². The zero-order valence-electron chi connectivity index (χ0n) is 9.30. The molecule has 0 aliphatic rings. The van der Waals surface area contributed by atoms with Gasteiger partial charge in [-0.05, 0) is 71.4 Å². The van der Waals surface area contributed by atoms with Crippen LogP contribution in [0.5, 0.6) is 0 Å². The second-order valence-electron chi connectivity index (χ2n) is 4.23. The Morgan fingerprint density at radius 3 is 2.62 bits per heavy atom. The first kappa shape index (κ1) is 13.8. The van der Waals surface area contributed by atoms with E-state index in [9.17, 15) is 4.79 Å². The summed E-state index contributed by atoms with van der Waals surface area (Å²) in [6, 6.07) is 5.61. The van der Waals surface area contributed by atoms with Gasteiger partial charge in [0.15, 0.2) is 0 Å². The number of benzene rings is 1. The van der Waals surface area contributed by atoms with Crippen LogP contribution in [-0.4, -0.2) is 11.7 Å². The molecular weight excluding hydrogens is 385 g/mol. The van der Waals surface area contributed by atoms with Gasteiger partial charge in [-0.3, -0.25) is 5.32 Å². The maximum atomic E-state index is 11.5. The van der Waals surface area contributed by atoms with Crippen molar-refractivity contribution >= 4 is 50.3 Å². The molecule has 3 nitrogen and oxygen atoms in total. The minimum absolute atomic E-state index is 0.441. The van der Waals surface area contributed by atoms with Crippen LogP contribution in [0.15, 0.2) is 22.7 Å². The summed E-state index contributed by atoms with van der Waals surface area (Å²) in [5.74, 6) is 0. The molecule has 0 bridgehead atoms. The first-order valence-corrected chi connectivity index (χ1v) is 6.61. The van der Waals surface area contributed by atoms with E-state index >= 15 is 0 Å². The van der Waals surface area contributed by atoms with Crippen molar-refractivity contribution in [2.75, 3.05) is 5.32 Å². The van der Waals surface area contributed by atoms with Gasteiger partial charge in [-0.1, -0.05) is 6.07 Å². The van der Waals surface area contributed by atoms with Gasteiger partial charge in [0.25, 0.3) is 0 Å². The summed E-state index contributed by atoms with van der Waals surface area (Å²) < 4.78 is 7.06. The summed E-state index contributed by atoms with van der Waals surface area (Å²) in [5.41, 5.74) is 0.255. The Morgan fingerprint density at radius 2 is 2.06 bits per heavy atom. The molecule has 5 heteroatoms. The normalized spacial score (nSPS) is 11.1. The smallest absolute Gasteiger partial charge is 0.412 e. The molecule has 0 atom stereocenters. The Morgan fingerprint density at radius 1 is 1.44 bits per heavy atom. The van der Waals surface area contributed by atoms with Gasteiger partial charge < -0.3 is 4.74 Å². The van der Waals surface area contributed by atoms with Crippen LogP contribution in [-0.2, 0) is 4.74 Å². The minimum Gasteiger partial charge on any atom is -0.444 e. The molecule has 1 aromatic carbocycles. The van der Waals surface area contributed by atoms with Crippen molar-refractivity contribution in [2.45, 2.75) is 26.4 Å². The second-order valence-corrected chi connectivity index (χ2v) is 6.16. The summed E-state index contributed by atoms with van der Waals surface area (Å²) in [7, 11) is 0. The van der Waals surface area contributed by atoms with E-state index in [1.807, 2.05) is 39.0 Å². The van der Waals surface area contributed by atoms with E-state index in [1.54, 1.807) is 0 Å². The molecule has 0 heterocycles. The van der Waals surface area contributed by atoms with E-state index in [2.05, 4.69) is 43.8 Å². The van der Waals surface area contributed by atoms with Crippen molar-refractivity contribution < 1.29 is 9.53 Å². The average Bonchev–Trinajstić information content (AvgIpc) is 2.09. The van der Waals surface area contributed by atoms with E-state index in [1.165, 1.54) is 0 Å². The monoisotopic (exact) mass is 397 g/mol. The van der Waals surface area contributed by atoms with E-state index in [0.717, 1.165) is 13.7 Å². The molecule has 88 valence electrons. The van der Waals surface area contributed by atoms with E-state index in [0.29, 0.717) is 0 Å². The third kappa shape index (κ3) is 4.29. The molecule has 16 heavy (non-hydrogen) atoms. The van der Waals surface area contributed by atoms with Gasteiger partial charge >= 0.3 is 6.09 Å². The highest BCUT2D eigenvalue weighted by atomic mass is 127. The zero-order valence-corrected chi connectivity index (χ0v) is 13.0. The molecule has 1 aromatic rings. The molecule has 1 N–H and O–H groups in total. The Balaban J connectivity index is 2.74. The lowest BCUT2D eigenvalue weighted by Gasteiger charge is -2.20. The molecule has 0 aromatic heterocycles. The third-order valence-electron chi connectivity index (χ3n) is 1.59. The Labute approximate surface area is 117 Å². The molecule has 0 aliphatic carbocycles. The number of halogens is 2.